The number of fused-ring (bicyclic) bond motifs is 1. The Morgan fingerprint density at radius 3 is 2.82 bits per heavy atom. The molecule has 0 aliphatic carbocycles. The van der Waals surface area contributed by atoms with Crippen LogP contribution in [-0.2, 0) is 14.3 Å². The van der Waals surface area contributed by atoms with Gasteiger partial charge in [-0.3, -0.25) is 29.4 Å². The first kappa shape index (κ1) is 22.4. The lowest BCUT2D eigenvalue weighted by Crippen LogP contribution is -2.41. The number of likely N-dealkylation sites (tertiary alicyclic amines) is 1. The number of nitrogens with zero attached hydrogens (tertiary/aromatic N) is 3. The average Bonchev–Trinajstić information content (AvgIpc) is 3.26. The first-order valence-electron chi connectivity index (χ1n) is 10.7. The van der Waals surface area contributed by atoms with Gasteiger partial charge in [0.1, 0.15) is 5.75 Å². The fourth-order valence-electron chi connectivity index (χ4n) is 4.08. The minimum atomic E-state index is -0.551. The molecule has 1 saturated heterocycles. The number of methoxy groups -OCH3 is 1. The fourth-order valence-corrected chi connectivity index (χ4v) is 4.08. The monoisotopic (exact) mass is 451 g/mol. The highest BCUT2D eigenvalue weighted by Crippen LogP contribution is 2.34. The van der Waals surface area contributed by atoms with Crippen molar-refractivity contribution in [3.8, 4) is 16.9 Å². The van der Waals surface area contributed by atoms with E-state index in [1.54, 1.807) is 19.5 Å². The zero-order valence-electron chi connectivity index (χ0n) is 18.2. The van der Waals surface area contributed by atoms with Gasteiger partial charge in [-0.25, -0.2) is 0 Å². The Labute approximate surface area is 190 Å². The molecular weight excluding hydrogens is 426 g/mol. The van der Waals surface area contributed by atoms with Gasteiger partial charge in [0.15, 0.2) is 5.69 Å². The van der Waals surface area contributed by atoms with Gasteiger partial charge >= 0.3 is 12.4 Å². The third-order valence-corrected chi connectivity index (χ3v) is 5.86. The van der Waals surface area contributed by atoms with E-state index in [0.717, 1.165) is 24.0 Å². The van der Waals surface area contributed by atoms with E-state index in [1.165, 1.54) is 0 Å². The summed E-state index contributed by atoms with van der Waals surface area (Å²) in [7, 11) is 1.60. The summed E-state index contributed by atoms with van der Waals surface area (Å²) in [6.07, 6.45) is 5.11. The molecule has 3 aromatic rings. The molecule has 0 unspecified atom stereocenters. The van der Waals surface area contributed by atoms with E-state index >= 15 is 0 Å². The Hall–Kier alpha value is -3.79. The van der Waals surface area contributed by atoms with Gasteiger partial charge in [0.05, 0.1) is 19.2 Å². The van der Waals surface area contributed by atoms with Crippen LogP contribution in [0.15, 0.2) is 36.7 Å². The third kappa shape index (κ3) is 5.17. The van der Waals surface area contributed by atoms with Crippen LogP contribution in [0.4, 0.5) is 0 Å². The number of hydrogen-bond acceptors (Lipinski definition) is 8. The zero-order chi connectivity index (χ0) is 23.2. The van der Waals surface area contributed by atoms with Gasteiger partial charge in [0.25, 0.3) is 5.91 Å². The number of nitrogens with one attached hydrogen (secondary N) is 2. The molecular formula is C23H25N5O5. The second-order valence-electron chi connectivity index (χ2n) is 7.93. The number of carbonyl (C=O) groups is 3. The molecule has 4 rings (SSSR count). The topological polar surface area (TPSA) is 127 Å². The number of aromatic nitrogens is 3. The first-order valence-corrected chi connectivity index (χ1v) is 10.7. The Morgan fingerprint density at radius 1 is 1.30 bits per heavy atom. The van der Waals surface area contributed by atoms with Gasteiger partial charge in [0.2, 0.25) is 0 Å². The van der Waals surface area contributed by atoms with Crippen LogP contribution in [0, 0.1) is 5.92 Å². The molecule has 1 aliphatic heterocycles. The highest BCUT2D eigenvalue weighted by atomic mass is 16.6. The summed E-state index contributed by atoms with van der Waals surface area (Å²) in [6.45, 7) is 2.17. The number of esters is 1. The van der Waals surface area contributed by atoms with Crippen molar-refractivity contribution < 1.29 is 23.9 Å². The highest BCUT2D eigenvalue weighted by molar-refractivity contribution is 6.06. The lowest BCUT2D eigenvalue weighted by Gasteiger charge is -2.30. The van der Waals surface area contributed by atoms with Crippen LogP contribution in [-0.4, -0.2) is 71.7 Å². The van der Waals surface area contributed by atoms with Gasteiger partial charge in [-0.2, -0.15) is 5.10 Å². The van der Waals surface area contributed by atoms with Crippen LogP contribution in [0.5, 0.6) is 5.75 Å². The van der Waals surface area contributed by atoms with Crippen molar-refractivity contribution in [3.05, 3.63) is 42.4 Å². The first-order chi connectivity index (χ1) is 16.1. The normalized spacial score (nSPS) is 14.7. The molecule has 1 aliphatic rings. The SMILES string of the molecule is COc1cc2[nH]nc(C(=O)NCC3CCN(CC(=O)OC=O)CC3)c2cc1-c1cccnc1. The number of benzene rings is 1. The van der Waals surface area contributed by atoms with Gasteiger partial charge in [-0.1, -0.05) is 6.07 Å². The van der Waals surface area contributed by atoms with Crippen molar-refractivity contribution in [2.24, 2.45) is 5.92 Å². The molecule has 1 aromatic carbocycles. The van der Waals surface area contributed by atoms with Crippen LogP contribution in [0.1, 0.15) is 23.3 Å². The molecule has 0 atom stereocenters. The number of hydrogen-bond donors (Lipinski definition) is 2. The zero-order valence-corrected chi connectivity index (χ0v) is 18.2. The Balaban J connectivity index is 1.41. The summed E-state index contributed by atoms with van der Waals surface area (Å²) < 4.78 is 9.86. The minimum Gasteiger partial charge on any atom is -0.496 e. The summed E-state index contributed by atoms with van der Waals surface area (Å²) >= 11 is 0. The minimum absolute atomic E-state index is 0.0970. The number of ether oxygens (including phenoxy) is 2. The quantitative estimate of drug-likeness (QED) is 0.301. The number of H-pyrrole nitrogens is 1. The van der Waals surface area contributed by atoms with Crippen LogP contribution < -0.4 is 10.1 Å². The smallest absolute Gasteiger partial charge is 0.327 e. The summed E-state index contributed by atoms with van der Waals surface area (Å²) in [5.41, 5.74) is 2.74. The number of pyridine rings is 1. The third-order valence-electron chi connectivity index (χ3n) is 5.86. The van der Waals surface area contributed by atoms with Crippen LogP contribution >= 0.6 is 0 Å². The molecule has 0 saturated carbocycles. The summed E-state index contributed by atoms with van der Waals surface area (Å²) in [5.74, 6) is 0.156. The van der Waals surface area contributed by atoms with Crippen LogP contribution in [0.25, 0.3) is 22.0 Å². The van der Waals surface area contributed by atoms with Crippen molar-refractivity contribution in [3.63, 3.8) is 0 Å². The predicted octanol–water partition coefficient (Wildman–Crippen LogP) is 1.77. The van der Waals surface area contributed by atoms with Gasteiger partial charge in [0, 0.05) is 41.5 Å². The molecule has 0 spiro atoms. The van der Waals surface area contributed by atoms with E-state index < -0.39 is 5.97 Å². The van der Waals surface area contributed by atoms with Gasteiger partial charge in [-0.15, -0.1) is 0 Å². The molecule has 3 heterocycles. The van der Waals surface area contributed by atoms with E-state index in [1.807, 2.05) is 29.2 Å². The van der Waals surface area contributed by atoms with Crippen molar-refractivity contribution in [1.82, 2.24) is 25.4 Å². The number of rotatable bonds is 8. The van der Waals surface area contributed by atoms with Gasteiger partial charge < -0.3 is 14.8 Å². The molecule has 0 bridgehead atoms. The standard InChI is InChI=1S/C23H25N5O5/c1-32-20-10-19-18(9-17(20)16-3-2-6-24-12-16)22(27-26-19)23(31)25-11-15-4-7-28(8-5-15)13-21(30)33-14-29/h2-3,6,9-10,12,14-15H,4-5,7-8,11,13H2,1H3,(H,25,31)(H,26,27). The van der Waals surface area contributed by atoms with Crippen LogP contribution in [0.2, 0.25) is 0 Å². The van der Waals surface area contributed by atoms with Crippen molar-refractivity contribution in [2.45, 2.75) is 12.8 Å². The average molecular weight is 451 g/mol. The Kier molecular flexibility index (Phi) is 6.94. The lowest BCUT2D eigenvalue weighted by atomic mass is 9.96. The Bertz CT molecular complexity index is 1140. The molecule has 10 heteroatoms. The van der Waals surface area contributed by atoms with E-state index in [9.17, 15) is 14.4 Å². The molecule has 2 aromatic heterocycles. The molecule has 1 amide bonds. The summed E-state index contributed by atoms with van der Waals surface area (Å²) in [6, 6.07) is 7.49. The second kappa shape index (κ2) is 10.2. The number of piperidine rings is 1. The summed E-state index contributed by atoms with van der Waals surface area (Å²) in [4.78, 5) is 40.7. The van der Waals surface area contributed by atoms with E-state index in [-0.39, 0.29) is 18.9 Å². The fraction of sp³-hybridized carbons (Fsp3) is 0.348. The molecule has 33 heavy (non-hydrogen) atoms. The lowest BCUT2D eigenvalue weighted by molar-refractivity contribution is -0.152. The van der Waals surface area contributed by atoms with Crippen molar-refractivity contribution in [1.29, 1.82) is 0 Å². The van der Waals surface area contributed by atoms with Gasteiger partial charge in [-0.05, 0) is 44.0 Å². The number of carbonyl (C=O) groups excluding carboxylic acids is 3. The highest BCUT2D eigenvalue weighted by Gasteiger charge is 2.23. The van der Waals surface area contributed by atoms with E-state index in [4.69, 9.17) is 4.74 Å². The van der Waals surface area contributed by atoms with Crippen molar-refractivity contribution in [2.75, 3.05) is 33.3 Å². The van der Waals surface area contributed by atoms with E-state index in [0.29, 0.717) is 47.9 Å². The Morgan fingerprint density at radius 2 is 2.12 bits per heavy atom. The molecule has 0 radical (unpaired) electrons. The molecule has 172 valence electrons. The summed E-state index contributed by atoms with van der Waals surface area (Å²) in [5, 5.41) is 10.8. The molecule has 1 fully saturated rings. The molecule has 10 nitrogen and oxygen atoms in total. The van der Waals surface area contributed by atoms with Crippen LogP contribution in [0.3, 0.4) is 0 Å². The molecule has 2 N–H and O–H groups in total. The maximum absolute atomic E-state index is 12.9. The predicted molar refractivity (Wildman–Crippen MR) is 120 cm³/mol. The maximum Gasteiger partial charge on any atom is 0.327 e. The number of amides is 1. The largest absolute Gasteiger partial charge is 0.496 e. The maximum atomic E-state index is 12.9. The second-order valence-corrected chi connectivity index (χ2v) is 7.93. The van der Waals surface area contributed by atoms with E-state index in [2.05, 4.69) is 25.2 Å². The number of aromatic amines is 1. The van der Waals surface area contributed by atoms with Crippen molar-refractivity contribution >= 4 is 29.3 Å².